The van der Waals surface area contributed by atoms with E-state index in [0.717, 1.165) is 11.3 Å². The lowest BCUT2D eigenvalue weighted by molar-refractivity contribution is 0.144. The molecule has 30 heavy (non-hydrogen) atoms. The maximum Gasteiger partial charge on any atom is 0.407 e. The number of rotatable bonds is 6. The van der Waals surface area contributed by atoms with Gasteiger partial charge in [-0.3, -0.25) is 0 Å². The van der Waals surface area contributed by atoms with Crippen LogP contribution in [0.5, 0.6) is 0 Å². The highest BCUT2D eigenvalue weighted by molar-refractivity contribution is 7.10. The van der Waals surface area contributed by atoms with Crippen LogP contribution in [0.3, 0.4) is 0 Å². The summed E-state index contributed by atoms with van der Waals surface area (Å²) in [6, 6.07) is 18.8. The third kappa shape index (κ3) is 4.42. The molecule has 2 aromatic carbocycles. The summed E-state index contributed by atoms with van der Waals surface area (Å²) in [6.45, 7) is 2.79. The summed E-state index contributed by atoms with van der Waals surface area (Å²) in [4.78, 5) is 13.3. The summed E-state index contributed by atoms with van der Waals surface area (Å²) >= 11 is 1.66. The van der Waals surface area contributed by atoms with Gasteiger partial charge in [-0.05, 0) is 52.1 Å². The maximum absolute atomic E-state index is 12.2. The van der Waals surface area contributed by atoms with Crippen molar-refractivity contribution >= 4 is 17.4 Å². The first-order chi connectivity index (χ1) is 14.8. The third-order valence-corrected chi connectivity index (χ3v) is 6.29. The van der Waals surface area contributed by atoms with E-state index in [1.165, 1.54) is 40.7 Å². The number of hydrogen-bond acceptors (Lipinski definition) is 3. The molecule has 1 heterocycles. The predicted octanol–water partition coefficient (Wildman–Crippen LogP) is 5.98. The van der Waals surface area contributed by atoms with E-state index in [1.54, 1.807) is 11.3 Å². The lowest BCUT2D eigenvalue weighted by atomic mass is 9.98. The van der Waals surface area contributed by atoms with Crippen LogP contribution in [0.1, 0.15) is 47.3 Å². The molecule has 0 saturated carbocycles. The molecule has 1 N–H and O–H groups in total. The molecule has 4 rings (SSSR count). The van der Waals surface area contributed by atoms with Gasteiger partial charge in [0, 0.05) is 5.92 Å². The minimum atomic E-state index is -0.427. The highest BCUT2D eigenvalue weighted by atomic mass is 32.1. The second kappa shape index (κ2) is 9.65. The van der Waals surface area contributed by atoms with Crippen LogP contribution < -0.4 is 5.32 Å². The SMILES string of the molecule is CCCCc1ccsc1C#CCNC(=O)OCC1c2ccccc2-c2ccccc21. The maximum atomic E-state index is 12.2. The number of carbonyl (C=O) groups excluding carboxylic acids is 1. The Morgan fingerprint density at radius 3 is 2.47 bits per heavy atom. The molecule has 3 aromatic rings. The number of fused-ring (bicyclic) bond motifs is 3. The normalized spacial score (nSPS) is 11.9. The molecule has 1 aliphatic rings. The van der Waals surface area contributed by atoms with Crippen LogP contribution >= 0.6 is 11.3 Å². The van der Waals surface area contributed by atoms with Crippen LogP contribution in [-0.4, -0.2) is 19.2 Å². The summed E-state index contributed by atoms with van der Waals surface area (Å²) in [5.41, 5.74) is 6.17. The fourth-order valence-corrected chi connectivity index (χ4v) is 4.72. The molecule has 0 spiro atoms. The number of nitrogens with one attached hydrogen (secondary N) is 1. The van der Waals surface area contributed by atoms with Gasteiger partial charge in [-0.25, -0.2) is 4.79 Å². The van der Waals surface area contributed by atoms with Crippen molar-refractivity contribution in [3.05, 3.63) is 81.5 Å². The first-order valence-electron chi connectivity index (χ1n) is 10.4. The van der Waals surface area contributed by atoms with E-state index in [4.69, 9.17) is 4.74 Å². The number of carbonyl (C=O) groups is 1. The highest BCUT2D eigenvalue weighted by Gasteiger charge is 2.28. The molecule has 0 fully saturated rings. The van der Waals surface area contributed by atoms with Crippen molar-refractivity contribution in [2.45, 2.75) is 32.1 Å². The van der Waals surface area contributed by atoms with Crippen molar-refractivity contribution in [1.29, 1.82) is 0 Å². The molecule has 0 atom stereocenters. The summed E-state index contributed by atoms with van der Waals surface area (Å²) in [6.07, 6.45) is 2.97. The molecular weight excluding hydrogens is 390 g/mol. The fourth-order valence-electron chi connectivity index (χ4n) is 3.90. The van der Waals surface area contributed by atoms with Gasteiger partial charge in [0.1, 0.15) is 6.61 Å². The van der Waals surface area contributed by atoms with Crippen molar-refractivity contribution in [3.8, 4) is 23.0 Å². The van der Waals surface area contributed by atoms with Gasteiger partial charge in [-0.2, -0.15) is 0 Å². The van der Waals surface area contributed by atoms with E-state index in [1.807, 2.05) is 24.3 Å². The average molecular weight is 416 g/mol. The first-order valence-corrected chi connectivity index (χ1v) is 11.3. The number of ether oxygens (including phenoxy) is 1. The van der Waals surface area contributed by atoms with E-state index in [2.05, 4.69) is 59.8 Å². The Morgan fingerprint density at radius 1 is 1.07 bits per heavy atom. The second-order valence-corrected chi connectivity index (χ2v) is 8.28. The second-order valence-electron chi connectivity index (χ2n) is 7.36. The number of amides is 1. The van der Waals surface area contributed by atoms with Gasteiger partial charge in [0.2, 0.25) is 0 Å². The standard InChI is InChI=1S/C26H25NO2S/c1-2-3-9-19-15-17-30-25(19)14-8-16-27-26(28)29-18-24-22-12-6-4-10-20(22)21-11-5-7-13-23(21)24/h4-7,10-13,15,17,24H,2-3,9,16,18H2,1H3,(H,27,28). The van der Waals surface area contributed by atoms with Crippen LogP contribution in [0.2, 0.25) is 0 Å². The van der Waals surface area contributed by atoms with Gasteiger partial charge in [0.05, 0.1) is 11.4 Å². The minimum absolute atomic E-state index is 0.0708. The van der Waals surface area contributed by atoms with E-state index >= 15 is 0 Å². The summed E-state index contributed by atoms with van der Waals surface area (Å²) in [5, 5.41) is 4.83. The lowest BCUT2D eigenvalue weighted by Gasteiger charge is -2.14. The van der Waals surface area contributed by atoms with E-state index in [0.29, 0.717) is 6.61 Å². The van der Waals surface area contributed by atoms with Crippen molar-refractivity contribution in [1.82, 2.24) is 5.32 Å². The van der Waals surface area contributed by atoms with Gasteiger partial charge in [-0.15, -0.1) is 11.3 Å². The summed E-state index contributed by atoms with van der Waals surface area (Å²) < 4.78 is 5.54. The summed E-state index contributed by atoms with van der Waals surface area (Å²) in [7, 11) is 0. The van der Waals surface area contributed by atoms with Crippen molar-refractivity contribution in [3.63, 3.8) is 0 Å². The Hall–Kier alpha value is -3.03. The van der Waals surface area contributed by atoms with Crippen molar-refractivity contribution < 1.29 is 9.53 Å². The molecule has 0 saturated heterocycles. The number of alkyl carbamates (subject to hydrolysis) is 1. The Bertz CT molecular complexity index is 1040. The zero-order valence-electron chi connectivity index (χ0n) is 17.1. The Kier molecular flexibility index (Phi) is 6.51. The number of aryl methyl sites for hydroxylation is 1. The zero-order valence-corrected chi connectivity index (χ0v) is 17.9. The molecular formula is C26H25NO2S. The van der Waals surface area contributed by atoms with E-state index < -0.39 is 6.09 Å². The molecule has 0 radical (unpaired) electrons. The molecule has 0 bridgehead atoms. The van der Waals surface area contributed by atoms with Crippen LogP contribution in [0, 0.1) is 11.8 Å². The predicted molar refractivity (Wildman–Crippen MR) is 123 cm³/mol. The average Bonchev–Trinajstić information content (AvgIpc) is 3.36. The monoisotopic (exact) mass is 415 g/mol. The van der Waals surface area contributed by atoms with Crippen LogP contribution in [-0.2, 0) is 11.2 Å². The number of benzene rings is 2. The van der Waals surface area contributed by atoms with Gasteiger partial charge >= 0.3 is 6.09 Å². The van der Waals surface area contributed by atoms with Crippen molar-refractivity contribution in [2.75, 3.05) is 13.2 Å². The Balaban J connectivity index is 1.32. The smallest absolute Gasteiger partial charge is 0.407 e. The zero-order chi connectivity index (χ0) is 20.8. The van der Waals surface area contributed by atoms with Gasteiger partial charge in [-0.1, -0.05) is 73.7 Å². The van der Waals surface area contributed by atoms with Gasteiger partial charge < -0.3 is 10.1 Å². The molecule has 4 heteroatoms. The van der Waals surface area contributed by atoms with Gasteiger partial charge in [0.15, 0.2) is 0 Å². The Labute approximate surface area is 182 Å². The van der Waals surface area contributed by atoms with E-state index in [9.17, 15) is 4.79 Å². The first kappa shape index (κ1) is 20.3. The summed E-state index contributed by atoms with van der Waals surface area (Å²) in [5.74, 6) is 6.29. The van der Waals surface area contributed by atoms with Crippen LogP contribution in [0.15, 0.2) is 60.0 Å². The molecule has 1 amide bonds. The molecule has 1 aromatic heterocycles. The molecule has 3 nitrogen and oxygen atoms in total. The van der Waals surface area contributed by atoms with Crippen LogP contribution in [0.25, 0.3) is 11.1 Å². The number of thiophene rings is 1. The Morgan fingerprint density at radius 2 is 1.77 bits per heavy atom. The van der Waals surface area contributed by atoms with Crippen molar-refractivity contribution in [2.24, 2.45) is 0 Å². The van der Waals surface area contributed by atoms with Gasteiger partial charge in [0.25, 0.3) is 0 Å². The molecule has 152 valence electrons. The highest BCUT2D eigenvalue weighted by Crippen LogP contribution is 2.44. The molecule has 0 unspecified atom stereocenters. The third-order valence-electron chi connectivity index (χ3n) is 5.41. The molecule has 1 aliphatic carbocycles. The molecule has 0 aliphatic heterocycles. The quantitative estimate of drug-likeness (QED) is 0.503. The number of unbranched alkanes of at least 4 members (excludes halogenated alkanes) is 1. The topological polar surface area (TPSA) is 38.3 Å². The largest absolute Gasteiger partial charge is 0.449 e. The fraction of sp³-hybridized carbons (Fsp3) is 0.269. The minimum Gasteiger partial charge on any atom is -0.449 e. The van der Waals surface area contributed by atoms with E-state index in [-0.39, 0.29) is 12.5 Å². The van der Waals surface area contributed by atoms with Crippen LogP contribution in [0.4, 0.5) is 4.79 Å². The lowest BCUT2D eigenvalue weighted by Crippen LogP contribution is -2.26. The number of hydrogen-bond donors (Lipinski definition) is 1.